The summed E-state index contributed by atoms with van der Waals surface area (Å²) >= 11 is 0. The van der Waals surface area contributed by atoms with Gasteiger partial charge in [0, 0.05) is 5.69 Å². The molecule has 0 spiro atoms. The van der Waals surface area contributed by atoms with Crippen LogP contribution in [0.15, 0.2) is 48.5 Å². The first kappa shape index (κ1) is 13.9. The Kier molecular flexibility index (Phi) is 4.60. The molecular weight excluding hydrogens is 252 g/mol. The quantitative estimate of drug-likeness (QED) is 0.878. The van der Waals surface area contributed by atoms with Gasteiger partial charge in [0.05, 0.1) is 19.3 Å². The molecule has 0 bridgehead atoms. The lowest BCUT2D eigenvalue weighted by atomic mass is 10.2. The number of nitrogens with one attached hydrogen (secondary N) is 2. The molecule has 0 aliphatic carbocycles. The first-order valence-corrected chi connectivity index (χ1v) is 6.42. The van der Waals surface area contributed by atoms with E-state index in [4.69, 9.17) is 4.74 Å². The van der Waals surface area contributed by atoms with E-state index in [1.807, 2.05) is 55.5 Å². The average molecular weight is 270 g/mol. The summed E-state index contributed by atoms with van der Waals surface area (Å²) in [6.45, 7) is 2.19. The molecule has 0 saturated carbocycles. The van der Waals surface area contributed by atoms with Crippen molar-refractivity contribution in [3.63, 3.8) is 0 Å². The van der Waals surface area contributed by atoms with Crippen LogP contribution in [0.25, 0.3) is 0 Å². The first-order valence-electron chi connectivity index (χ1n) is 6.42. The molecule has 2 rings (SSSR count). The van der Waals surface area contributed by atoms with Gasteiger partial charge in [0.2, 0.25) is 5.91 Å². The molecule has 0 atom stereocenters. The van der Waals surface area contributed by atoms with Gasteiger partial charge in [-0.05, 0) is 36.8 Å². The van der Waals surface area contributed by atoms with Crippen molar-refractivity contribution in [1.29, 1.82) is 0 Å². The SMILES string of the molecule is COc1cc(C)ccc1NC(=O)CNc1ccccc1. The zero-order valence-electron chi connectivity index (χ0n) is 11.6. The summed E-state index contributed by atoms with van der Waals surface area (Å²) in [7, 11) is 1.59. The van der Waals surface area contributed by atoms with Crippen LogP contribution in [-0.4, -0.2) is 19.6 Å². The number of carbonyl (C=O) groups excluding carboxylic acids is 1. The highest BCUT2D eigenvalue weighted by molar-refractivity contribution is 5.95. The van der Waals surface area contributed by atoms with Gasteiger partial charge in [0.15, 0.2) is 0 Å². The van der Waals surface area contributed by atoms with Crippen LogP contribution >= 0.6 is 0 Å². The van der Waals surface area contributed by atoms with Gasteiger partial charge in [-0.25, -0.2) is 0 Å². The normalized spacial score (nSPS) is 9.90. The highest BCUT2D eigenvalue weighted by atomic mass is 16.5. The van der Waals surface area contributed by atoms with E-state index in [1.165, 1.54) is 0 Å². The average Bonchev–Trinajstić information content (AvgIpc) is 2.48. The molecule has 4 nitrogen and oxygen atoms in total. The van der Waals surface area contributed by atoms with Crippen LogP contribution in [0.2, 0.25) is 0 Å². The maximum Gasteiger partial charge on any atom is 0.243 e. The molecule has 0 aromatic heterocycles. The number of hydrogen-bond acceptors (Lipinski definition) is 3. The maximum atomic E-state index is 11.9. The van der Waals surface area contributed by atoms with Gasteiger partial charge in [-0.1, -0.05) is 24.3 Å². The summed E-state index contributed by atoms with van der Waals surface area (Å²) in [5.74, 6) is 0.550. The number of benzene rings is 2. The van der Waals surface area contributed by atoms with Crippen LogP contribution in [0.1, 0.15) is 5.56 Å². The topological polar surface area (TPSA) is 50.4 Å². The highest BCUT2D eigenvalue weighted by Crippen LogP contribution is 2.25. The monoisotopic (exact) mass is 270 g/mol. The van der Waals surface area contributed by atoms with Crippen molar-refractivity contribution < 1.29 is 9.53 Å². The Balaban J connectivity index is 1.95. The Morgan fingerprint density at radius 2 is 1.90 bits per heavy atom. The second-order valence-electron chi connectivity index (χ2n) is 4.47. The largest absolute Gasteiger partial charge is 0.495 e. The van der Waals surface area contributed by atoms with Crippen LogP contribution in [-0.2, 0) is 4.79 Å². The number of anilines is 2. The Labute approximate surface area is 118 Å². The van der Waals surface area contributed by atoms with E-state index in [1.54, 1.807) is 7.11 Å². The summed E-state index contributed by atoms with van der Waals surface area (Å²) in [6.07, 6.45) is 0. The lowest BCUT2D eigenvalue weighted by Gasteiger charge is -2.11. The molecule has 2 N–H and O–H groups in total. The Morgan fingerprint density at radius 1 is 1.15 bits per heavy atom. The van der Waals surface area contributed by atoms with Crippen LogP contribution in [0.5, 0.6) is 5.75 Å². The molecule has 2 aromatic carbocycles. The summed E-state index contributed by atoms with van der Waals surface area (Å²) in [5.41, 5.74) is 2.68. The fourth-order valence-corrected chi connectivity index (χ4v) is 1.83. The van der Waals surface area contributed by atoms with Crippen molar-refractivity contribution in [2.75, 3.05) is 24.3 Å². The summed E-state index contributed by atoms with van der Waals surface area (Å²) in [4.78, 5) is 11.9. The number of rotatable bonds is 5. The number of amides is 1. The minimum Gasteiger partial charge on any atom is -0.495 e. The van der Waals surface area contributed by atoms with Crippen LogP contribution in [0.4, 0.5) is 11.4 Å². The molecule has 0 unspecified atom stereocenters. The lowest BCUT2D eigenvalue weighted by Crippen LogP contribution is -2.22. The maximum absolute atomic E-state index is 11.9. The molecule has 2 aromatic rings. The zero-order valence-corrected chi connectivity index (χ0v) is 11.6. The van der Waals surface area contributed by atoms with Crippen molar-refractivity contribution in [1.82, 2.24) is 0 Å². The second-order valence-corrected chi connectivity index (χ2v) is 4.47. The van der Waals surface area contributed by atoms with Gasteiger partial charge in [-0.2, -0.15) is 0 Å². The van der Waals surface area contributed by atoms with Crippen molar-refractivity contribution in [2.24, 2.45) is 0 Å². The summed E-state index contributed by atoms with van der Waals surface area (Å²) in [6, 6.07) is 15.3. The fraction of sp³-hybridized carbons (Fsp3) is 0.188. The van der Waals surface area contributed by atoms with E-state index in [9.17, 15) is 4.79 Å². The second kappa shape index (κ2) is 6.61. The third kappa shape index (κ3) is 3.75. The van der Waals surface area contributed by atoms with Crippen molar-refractivity contribution in [2.45, 2.75) is 6.92 Å². The lowest BCUT2D eigenvalue weighted by molar-refractivity contribution is -0.114. The number of carbonyl (C=O) groups is 1. The molecule has 0 heterocycles. The van der Waals surface area contributed by atoms with Crippen LogP contribution < -0.4 is 15.4 Å². The smallest absolute Gasteiger partial charge is 0.243 e. The summed E-state index contributed by atoms with van der Waals surface area (Å²) in [5, 5.41) is 5.89. The van der Waals surface area contributed by atoms with Gasteiger partial charge in [-0.15, -0.1) is 0 Å². The minimum atomic E-state index is -0.115. The molecule has 4 heteroatoms. The molecule has 0 fully saturated rings. The number of aryl methyl sites for hydroxylation is 1. The van der Waals surface area contributed by atoms with Gasteiger partial charge in [-0.3, -0.25) is 4.79 Å². The van der Waals surface area contributed by atoms with Crippen molar-refractivity contribution >= 4 is 17.3 Å². The molecule has 104 valence electrons. The Morgan fingerprint density at radius 3 is 2.60 bits per heavy atom. The molecular formula is C16H18N2O2. The van der Waals surface area contributed by atoms with Gasteiger partial charge in [0.1, 0.15) is 5.75 Å². The van der Waals surface area contributed by atoms with Crippen molar-refractivity contribution in [3.8, 4) is 5.75 Å². The fourth-order valence-electron chi connectivity index (χ4n) is 1.83. The van der Waals surface area contributed by atoms with E-state index in [0.717, 1.165) is 11.3 Å². The summed E-state index contributed by atoms with van der Waals surface area (Å²) < 4.78 is 5.25. The first-order chi connectivity index (χ1) is 9.69. The van der Waals surface area contributed by atoms with Gasteiger partial charge >= 0.3 is 0 Å². The third-order valence-electron chi connectivity index (χ3n) is 2.86. The standard InChI is InChI=1S/C16H18N2O2/c1-12-8-9-14(15(10-12)20-2)18-16(19)11-17-13-6-4-3-5-7-13/h3-10,17H,11H2,1-2H3,(H,18,19). The highest BCUT2D eigenvalue weighted by Gasteiger charge is 2.07. The Bertz CT molecular complexity index is 582. The van der Waals surface area contributed by atoms with Gasteiger partial charge in [0.25, 0.3) is 0 Å². The molecule has 0 aliphatic rings. The molecule has 0 radical (unpaired) electrons. The van der Waals surface area contributed by atoms with Crippen LogP contribution in [0.3, 0.4) is 0 Å². The molecule has 20 heavy (non-hydrogen) atoms. The van der Waals surface area contributed by atoms with E-state index in [-0.39, 0.29) is 12.5 Å². The number of ether oxygens (including phenoxy) is 1. The molecule has 0 saturated heterocycles. The van der Waals surface area contributed by atoms with Gasteiger partial charge < -0.3 is 15.4 Å². The van der Waals surface area contributed by atoms with E-state index in [0.29, 0.717) is 11.4 Å². The van der Waals surface area contributed by atoms with E-state index in [2.05, 4.69) is 10.6 Å². The molecule has 1 amide bonds. The van der Waals surface area contributed by atoms with E-state index < -0.39 is 0 Å². The van der Waals surface area contributed by atoms with Crippen LogP contribution in [0, 0.1) is 6.92 Å². The predicted molar refractivity (Wildman–Crippen MR) is 81.3 cm³/mol. The minimum absolute atomic E-state index is 0.115. The third-order valence-corrected chi connectivity index (χ3v) is 2.86. The van der Waals surface area contributed by atoms with Crippen molar-refractivity contribution in [3.05, 3.63) is 54.1 Å². The number of para-hydroxylation sites is 1. The van der Waals surface area contributed by atoms with E-state index >= 15 is 0 Å². The molecule has 0 aliphatic heterocycles. The number of methoxy groups -OCH3 is 1. The number of hydrogen-bond donors (Lipinski definition) is 2. The zero-order chi connectivity index (χ0) is 14.4. The Hall–Kier alpha value is -2.49. The predicted octanol–water partition coefficient (Wildman–Crippen LogP) is 3.05.